The SMILES string of the molecule is CC(C)CNCc1nc(COc2cc(Br)ccc2Cl)cs1. The van der Waals surface area contributed by atoms with Crippen molar-refractivity contribution in [3.05, 3.63) is 43.8 Å². The van der Waals surface area contributed by atoms with E-state index in [2.05, 4.69) is 40.1 Å². The van der Waals surface area contributed by atoms with Gasteiger partial charge in [0.15, 0.2) is 0 Å². The Morgan fingerprint density at radius 3 is 3.00 bits per heavy atom. The Morgan fingerprint density at radius 2 is 2.24 bits per heavy atom. The van der Waals surface area contributed by atoms with Crippen LogP contribution in [-0.2, 0) is 13.2 Å². The van der Waals surface area contributed by atoms with E-state index in [0.717, 1.165) is 28.3 Å². The molecule has 0 amide bonds. The number of hydrogen-bond donors (Lipinski definition) is 1. The van der Waals surface area contributed by atoms with Gasteiger partial charge >= 0.3 is 0 Å². The first-order valence-electron chi connectivity index (χ1n) is 6.76. The van der Waals surface area contributed by atoms with Gasteiger partial charge in [-0.05, 0) is 30.7 Å². The first kappa shape index (κ1) is 16.7. The number of nitrogens with zero attached hydrogens (tertiary/aromatic N) is 1. The number of ether oxygens (including phenoxy) is 1. The molecule has 0 radical (unpaired) electrons. The van der Waals surface area contributed by atoms with Crippen LogP contribution in [0.5, 0.6) is 5.75 Å². The Hall–Kier alpha value is -0.620. The number of nitrogens with one attached hydrogen (secondary N) is 1. The molecule has 1 aromatic heterocycles. The van der Waals surface area contributed by atoms with Crippen molar-refractivity contribution in [2.45, 2.75) is 27.0 Å². The predicted octanol–water partition coefficient (Wildman–Crippen LogP) is 4.88. The van der Waals surface area contributed by atoms with Crippen LogP contribution >= 0.6 is 38.9 Å². The van der Waals surface area contributed by atoms with Crippen LogP contribution < -0.4 is 10.1 Å². The molecule has 21 heavy (non-hydrogen) atoms. The summed E-state index contributed by atoms with van der Waals surface area (Å²) < 4.78 is 6.66. The average molecular weight is 390 g/mol. The molecule has 3 nitrogen and oxygen atoms in total. The van der Waals surface area contributed by atoms with E-state index in [9.17, 15) is 0 Å². The van der Waals surface area contributed by atoms with Crippen LogP contribution in [0.4, 0.5) is 0 Å². The Morgan fingerprint density at radius 1 is 1.43 bits per heavy atom. The van der Waals surface area contributed by atoms with E-state index in [4.69, 9.17) is 16.3 Å². The van der Waals surface area contributed by atoms with Gasteiger partial charge in [-0.2, -0.15) is 0 Å². The van der Waals surface area contributed by atoms with Crippen molar-refractivity contribution >= 4 is 38.9 Å². The number of aromatic nitrogens is 1. The van der Waals surface area contributed by atoms with Gasteiger partial charge in [0.2, 0.25) is 0 Å². The molecule has 0 unspecified atom stereocenters. The fraction of sp³-hybridized carbons (Fsp3) is 0.400. The van der Waals surface area contributed by atoms with Crippen molar-refractivity contribution in [2.24, 2.45) is 5.92 Å². The highest BCUT2D eigenvalue weighted by Gasteiger charge is 2.06. The van der Waals surface area contributed by atoms with Crippen LogP contribution in [0.15, 0.2) is 28.1 Å². The molecule has 6 heteroatoms. The van der Waals surface area contributed by atoms with Crippen molar-refractivity contribution in [3.8, 4) is 5.75 Å². The first-order chi connectivity index (χ1) is 10.0. The largest absolute Gasteiger partial charge is 0.486 e. The van der Waals surface area contributed by atoms with Crippen molar-refractivity contribution in [2.75, 3.05) is 6.54 Å². The molecule has 1 aromatic carbocycles. The van der Waals surface area contributed by atoms with Gasteiger partial charge in [-0.3, -0.25) is 0 Å². The van der Waals surface area contributed by atoms with Gasteiger partial charge in [-0.1, -0.05) is 41.4 Å². The average Bonchev–Trinajstić information content (AvgIpc) is 2.87. The summed E-state index contributed by atoms with van der Waals surface area (Å²) in [7, 11) is 0. The van der Waals surface area contributed by atoms with Crippen LogP contribution in [0.1, 0.15) is 24.5 Å². The normalized spacial score (nSPS) is 11.1. The standard InChI is InChI=1S/C15H18BrClN2OS/c1-10(2)6-18-7-15-19-12(9-21-15)8-20-14-5-11(16)3-4-13(14)17/h3-5,9-10,18H,6-8H2,1-2H3. The second kappa shape index (κ2) is 8.13. The van der Waals surface area contributed by atoms with Gasteiger partial charge in [-0.25, -0.2) is 4.98 Å². The summed E-state index contributed by atoms with van der Waals surface area (Å²) in [5, 5.41) is 7.09. The molecule has 0 bridgehead atoms. The number of hydrogen-bond acceptors (Lipinski definition) is 4. The number of halogens is 2. The Balaban J connectivity index is 1.86. The monoisotopic (exact) mass is 388 g/mol. The summed E-state index contributed by atoms with van der Waals surface area (Å²) in [6.07, 6.45) is 0. The maximum atomic E-state index is 6.09. The number of thiazole rings is 1. The molecule has 1 N–H and O–H groups in total. The Kier molecular flexibility index (Phi) is 6.48. The smallest absolute Gasteiger partial charge is 0.139 e. The zero-order valence-electron chi connectivity index (χ0n) is 12.0. The maximum absolute atomic E-state index is 6.09. The van der Waals surface area contributed by atoms with E-state index in [0.29, 0.717) is 23.3 Å². The van der Waals surface area contributed by atoms with Crippen LogP contribution in [-0.4, -0.2) is 11.5 Å². The zero-order chi connectivity index (χ0) is 15.2. The molecule has 0 saturated heterocycles. The Labute approximate surface area is 142 Å². The van der Waals surface area contributed by atoms with Crippen molar-refractivity contribution in [3.63, 3.8) is 0 Å². The molecule has 0 fully saturated rings. The molecule has 0 atom stereocenters. The van der Waals surface area contributed by atoms with Crippen molar-refractivity contribution in [1.82, 2.24) is 10.3 Å². The lowest BCUT2D eigenvalue weighted by Gasteiger charge is -2.07. The minimum absolute atomic E-state index is 0.427. The molecule has 0 spiro atoms. The van der Waals surface area contributed by atoms with E-state index >= 15 is 0 Å². The third-order valence-electron chi connectivity index (χ3n) is 2.70. The maximum Gasteiger partial charge on any atom is 0.139 e. The summed E-state index contributed by atoms with van der Waals surface area (Å²) in [6.45, 7) is 6.61. The molecule has 1 heterocycles. The molecule has 0 aliphatic carbocycles. The van der Waals surface area contributed by atoms with E-state index in [-0.39, 0.29) is 0 Å². The second-order valence-corrected chi connectivity index (χ2v) is 7.39. The third kappa shape index (κ3) is 5.58. The topological polar surface area (TPSA) is 34.2 Å². The van der Waals surface area contributed by atoms with Crippen LogP contribution in [0.2, 0.25) is 5.02 Å². The lowest BCUT2D eigenvalue weighted by atomic mass is 10.2. The molecular weight excluding hydrogens is 372 g/mol. The minimum atomic E-state index is 0.427. The summed E-state index contributed by atoms with van der Waals surface area (Å²) in [4.78, 5) is 4.55. The van der Waals surface area contributed by atoms with Crippen molar-refractivity contribution in [1.29, 1.82) is 0 Å². The molecule has 0 aliphatic rings. The highest BCUT2D eigenvalue weighted by atomic mass is 79.9. The highest BCUT2D eigenvalue weighted by molar-refractivity contribution is 9.10. The highest BCUT2D eigenvalue weighted by Crippen LogP contribution is 2.28. The second-order valence-electron chi connectivity index (χ2n) is 5.12. The lowest BCUT2D eigenvalue weighted by molar-refractivity contribution is 0.302. The van der Waals surface area contributed by atoms with Crippen LogP contribution in [0, 0.1) is 5.92 Å². The summed E-state index contributed by atoms with van der Waals surface area (Å²) in [6, 6.07) is 5.56. The fourth-order valence-electron chi connectivity index (χ4n) is 1.70. The quantitative estimate of drug-likeness (QED) is 0.732. The third-order valence-corrected chi connectivity index (χ3v) is 4.40. The van der Waals surface area contributed by atoms with Gasteiger partial charge in [0.05, 0.1) is 10.7 Å². The lowest BCUT2D eigenvalue weighted by Crippen LogP contribution is -2.18. The van der Waals surface area contributed by atoms with E-state index in [1.807, 2.05) is 23.6 Å². The van der Waals surface area contributed by atoms with Crippen LogP contribution in [0.25, 0.3) is 0 Å². The van der Waals surface area contributed by atoms with Gasteiger partial charge in [0.1, 0.15) is 17.4 Å². The molecule has 2 aromatic rings. The number of benzene rings is 1. The predicted molar refractivity (Wildman–Crippen MR) is 92.1 cm³/mol. The fourth-order valence-corrected chi connectivity index (χ4v) is 2.96. The molecule has 114 valence electrons. The van der Waals surface area contributed by atoms with E-state index in [1.165, 1.54) is 0 Å². The molecule has 0 saturated carbocycles. The van der Waals surface area contributed by atoms with Crippen molar-refractivity contribution < 1.29 is 4.74 Å². The Bertz CT molecular complexity index is 589. The van der Waals surface area contributed by atoms with Gasteiger partial charge in [0, 0.05) is 16.4 Å². The van der Waals surface area contributed by atoms with Gasteiger partial charge < -0.3 is 10.1 Å². The van der Waals surface area contributed by atoms with E-state index in [1.54, 1.807) is 11.3 Å². The summed E-state index contributed by atoms with van der Waals surface area (Å²) in [5.41, 5.74) is 0.928. The van der Waals surface area contributed by atoms with Gasteiger partial charge in [-0.15, -0.1) is 11.3 Å². The van der Waals surface area contributed by atoms with E-state index < -0.39 is 0 Å². The minimum Gasteiger partial charge on any atom is -0.486 e. The molecule has 2 rings (SSSR count). The molecule has 0 aliphatic heterocycles. The van der Waals surface area contributed by atoms with Crippen LogP contribution in [0.3, 0.4) is 0 Å². The first-order valence-corrected chi connectivity index (χ1v) is 8.81. The number of rotatable bonds is 7. The van der Waals surface area contributed by atoms with Gasteiger partial charge in [0.25, 0.3) is 0 Å². The summed E-state index contributed by atoms with van der Waals surface area (Å²) >= 11 is 11.1. The molecular formula is C15H18BrClN2OS. The zero-order valence-corrected chi connectivity index (χ0v) is 15.2. The summed E-state index contributed by atoms with van der Waals surface area (Å²) in [5.74, 6) is 1.31.